The Kier molecular flexibility index (Phi) is 4.02. The van der Waals surface area contributed by atoms with E-state index in [2.05, 4.69) is 15.3 Å². The van der Waals surface area contributed by atoms with Crippen LogP contribution in [0.2, 0.25) is 10.2 Å². The first-order chi connectivity index (χ1) is 8.99. The van der Waals surface area contributed by atoms with Crippen molar-refractivity contribution in [1.82, 2.24) is 9.97 Å². The third-order valence-corrected chi connectivity index (χ3v) is 3.36. The average molecular weight is 296 g/mol. The molecule has 0 radical (unpaired) electrons. The SMILES string of the molecule is Cc1ccc(C)c(C(=O)Nc2ncnc(Cl)c2Cl)c1. The molecule has 2 aromatic rings. The van der Waals surface area contributed by atoms with Crippen LogP contribution >= 0.6 is 23.2 Å². The van der Waals surface area contributed by atoms with Gasteiger partial charge >= 0.3 is 0 Å². The van der Waals surface area contributed by atoms with Crippen LogP contribution in [0.4, 0.5) is 5.82 Å². The number of hydrogen-bond donors (Lipinski definition) is 1. The third kappa shape index (κ3) is 3.03. The third-order valence-electron chi connectivity index (χ3n) is 2.62. The maximum Gasteiger partial charge on any atom is 0.257 e. The van der Waals surface area contributed by atoms with Crippen molar-refractivity contribution in [3.8, 4) is 0 Å². The van der Waals surface area contributed by atoms with E-state index in [0.29, 0.717) is 5.56 Å². The minimum absolute atomic E-state index is 0.105. The van der Waals surface area contributed by atoms with E-state index in [9.17, 15) is 4.79 Å². The van der Waals surface area contributed by atoms with Crippen LogP contribution in [0.1, 0.15) is 21.5 Å². The van der Waals surface area contributed by atoms with E-state index in [4.69, 9.17) is 23.2 Å². The van der Waals surface area contributed by atoms with Crippen LogP contribution in [0.15, 0.2) is 24.5 Å². The summed E-state index contributed by atoms with van der Waals surface area (Å²) < 4.78 is 0. The summed E-state index contributed by atoms with van der Waals surface area (Å²) in [5.41, 5.74) is 2.45. The van der Waals surface area contributed by atoms with Crippen LogP contribution in [-0.4, -0.2) is 15.9 Å². The number of halogens is 2. The summed E-state index contributed by atoms with van der Waals surface area (Å²) in [4.78, 5) is 19.8. The van der Waals surface area contributed by atoms with E-state index in [1.807, 2.05) is 26.0 Å². The molecular weight excluding hydrogens is 285 g/mol. The summed E-state index contributed by atoms with van der Waals surface area (Å²) in [7, 11) is 0. The predicted octanol–water partition coefficient (Wildman–Crippen LogP) is 3.65. The Morgan fingerprint density at radius 3 is 2.68 bits per heavy atom. The lowest BCUT2D eigenvalue weighted by atomic mass is 10.1. The predicted molar refractivity (Wildman–Crippen MR) is 75.9 cm³/mol. The number of amides is 1. The highest BCUT2D eigenvalue weighted by Crippen LogP contribution is 2.26. The van der Waals surface area contributed by atoms with Crippen LogP contribution in [0.3, 0.4) is 0 Å². The van der Waals surface area contributed by atoms with Gasteiger partial charge in [-0.3, -0.25) is 4.79 Å². The molecular formula is C13H11Cl2N3O. The highest BCUT2D eigenvalue weighted by molar-refractivity contribution is 6.43. The largest absolute Gasteiger partial charge is 0.305 e. The molecule has 1 aromatic carbocycles. The van der Waals surface area contributed by atoms with Gasteiger partial charge in [-0.05, 0) is 25.5 Å². The van der Waals surface area contributed by atoms with Crippen LogP contribution in [0.25, 0.3) is 0 Å². The number of benzene rings is 1. The number of nitrogens with zero attached hydrogens (tertiary/aromatic N) is 2. The van der Waals surface area contributed by atoms with E-state index in [-0.39, 0.29) is 21.9 Å². The van der Waals surface area contributed by atoms with Crippen LogP contribution in [0.5, 0.6) is 0 Å². The van der Waals surface area contributed by atoms with Gasteiger partial charge in [0.15, 0.2) is 11.0 Å². The van der Waals surface area contributed by atoms with Crippen LogP contribution in [0, 0.1) is 13.8 Å². The van der Waals surface area contributed by atoms with Crippen LogP contribution < -0.4 is 5.32 Å². The maximum absolute atomic E-state index is 12.2. The Balaban J connectivity index is 2.31. The number of aryl methyl sites for hydroxylation is 2. The van der Waals surface area contributed by atoms with Gasteiger partial charge in [-0.25, -0.2) is 9.97 Å². The second-order valence-electron chi connectivity index (χ2n) is 4.10. The normalized spacial score (nSPS) is 10.3. The van der Waals surface area contributed by atoms with Crippen molar-refractivity contribution in [2.45, 2.75) is 13.8 Å². The Hall–Kier alpha value is -1.65. The Labute approximate surface area is 120 Å². The number of nitrogens with one attached hydrogen (secondary N) is 1. The van der Waals surface area contributed by atoms with E-state index >= 15 is 0 Å². The molecule has 1 N–H and O–H groups in total. The van der Waals surface area contributed by atoms with Crippen molar-refractivity contribution in [3.63, 3.8) is 0 Å². The molecule has 0 aliphatic carbocycles. The second-order valence-corrected chi connectivity index (χ2v) is 4.84. The minimum Gasteiger partial charge on any atom is -0.305 e. The topological polar surface area (TPSA) is 54.9 Å². The summed E-state index contributed by atoms with van der Waals surface area (Å²) in [5, 5.41) is 2.86. The summed E-state index contributed by atoms with van der Waals surface area (Å²) in [6.45, 7) is 3.79. The summed E-state index contributed by atoms with van der Waals surface area (Å²) in [6, 6.07) is 5.64. The molecule has 0 saturated heterocycles. The van der Waals surface area contributed by atoms with Gasteiger partial charge in [0.05, 0.1) is 0 Å². The Morgan fingerprint density at radius 2 is 1.95 bits per heavy atom. The van der Waals surface area contributed by atoms with E-state index in [0.717, 1.165) is 11.1 Å². The van der Waals surface area contributed by atoms with E-state index in [1.165, 1.54) is 6.33 Å². The molecule has 1 aromatic heterocycles. The second kappa shape index (κ2) is 5.55. The van der Waals surface area contributed by atoms with Crippen LogP contribution in [-0.2, 0) is 0 Å². The van der Waals surface area contributed by atoms with Crippen molar-refractivity contribution < 1.29 is 4.79 Å². The number of anilines is 1. The molecule has 6 heteroatoms. The maximum atomic E-state index is 12.2. The molecule has 0 spiro atoms. The zero-order chi connectivity index (χ0) is 14.0. The fourth-order valence-electron chi connectivity index (χ4n) is 1.59. The molecule has 0 unspecified atom stereocenters. The minimum atomic E-state index is -0.280. The standard InChI is InChI=1S/C13H11Cl2N3O/c1-7-3-4-8(2)9(5-7)13(19)18-12-10(14)11(15)16-6-17-12/h3-6H,1-2H3,(H,16,17,18,19). The molecule has 1 heterocycles. The molecule has 1 amide bonds. The van der Waals surface area contributed by atoms with Gasteiger partial charge in [0, 0.05) is 5.56 Å². The fourth-order valence-corrected chi connectivity index (χ4v) is 1.87. The summed E-state index contributed by atoms with van der Waals surface area (Å²) >= 11 is 11.7. The molecule has 0 fully saturated rings. The lowest BCUT2D eigenvalue weighted by Gasteiger charge is -2.09. The smallest absolute Gasteiger partial charge is 0.257 e. The molecule has 0 saturated carbocycles. The zero-order valence-electron chi connectivity index (χ0n) is 10.4. The molecule has 2 rings (SSSR count). The quantitative estimate of drug-likeness (QED) is 0.861. The molecule has 4 nitrogen and oxygen atoms in total. The number of carbonyl (C=O) groups excluding carboxylic acids is 1. The zero-order valence-corrected chi connectivity index (χ0v) is 11.9. The molecule has 98 valence electrons. The molecule has 0 bridgehead atoms. The van der Waals surface area contributed by atoms with Gasteiger partial charge in [0.2, 0.25) is 0 Å². The number of aromatic nitrogens is 2. The van der Waals surface area contributed by atoms with Gasteiger partial charge in [-0.15, -0.1) is 0 Å². The monoisotopic (exact) mass is 295 g/mol. The first kappa shape index (κ1) is 13.8. The number of rotatable bonds is 2. The van der Waals surface area contributed by atoms with Crippen molar-refractivity contribution in [1.29, 1.82) is 0 Å². The number of carbonyl (C=O) groups is 1. The Morgan fingerprint density at radius 1 is 1.21 bits per heavy atom. The van der Waals surface area contributed by atoms with Crippen molar-refractivity contribution >= 4 is 34.9 Å². The van der Waals surface area contributed by atoms with Gasteiger partial charge in [-0.1, -0.05) is 40.9 Å². The van der Waals surface area contributed by atoms with Gasteiger partial charge in [-0.2, -0.15) is 0 Å². The first-order valence-electron chi connectivity index (χ1n) is 5.53. The lowest BCUT2D eigenvalue weighted by molar-refractivity contribution is 0.102. The van der Waals surface area contributed by atoms with Crippen molar-refractivity contribution in [2.75, 3.05) is 5.32 Å². The van der Waals surface area contributed by atoms with Gasteiger partial charge in [0.1, 0.15) is 11.3 Å². The molecule has 0 aliphatic rings. The van der Waals surface area contributed by atoms with Gasteiger partial charge < -0.3 is 5.32 Å². The highest BCUT2D eigenvalue weighted by atomic mass is 35.5. The summed E-state index contributed by atoms with van der Waals surface area (Å²) in [5.74, 6) is -0.0783. The molecule has 0 aliphatic heterocycles. The highest BCUT2D eigenvalue weighted by Gasteiger charge is 2.14. The fraction of sp³-hybridized carbons (Fsp3) is 0.154. The first-order valence-corrected chi connectivity index (χ1v) is 6.29. The average Bonchev–Trinajstić information content (AvgIpc) is 2.38. The lowest BCUT2D eigenvalue weighted by Crippen LogP contribution is -2.15. The molecule has 19 heavy (non-hydrogen) atoms. The van der Waals surface area contributed by atoms with Crippen molar-refractivity contribution in [3.05, 3.63) is 51.4 Å². The number of hydrogen-bond acceptors (Lipinski definition) is 3. The summed E-state index contributed by atoms with van der Waals surface area (Å²) in [6.07, 6.45) is 1.24. The van der Waals surface area contributed by atoms with E-state index in [1.54, 1.807) is 6.07 Å². The van der Waals surface area contributed by atoms with Crippen molar-refractivity contribution in [2.24, 2.45) is 0 Å². The molecule has 0 atom stereocenters. The van der Waals surface area contributed by atoms with E-state index < -0.39 is 0 Å². The van der Waals surface area contributed by atoms with Gasteiger partial charge in [0.25, 0.3) is 5.91 Å². The Bertz CT molecular complexity index is 644.